The highest BCUT2D eigenvalue weighted by molar-refractivity contribution is 5.81. The zero-order chi connectivity index (χ0) is 15.4. The first-order valence-electron chi connectivity index (χ1n) is 8.39. The van der Waals surface area contributed by atoms with Gasteiger partial charge in [0.15, 0.2) is 0 Å². The normalized spacial score (nSPS) is 25.5. The molecule has 2 aliphatic heterocycles. The Kier molecular flexibility index (Phi) is 6.02. The Morgan fingerprint density at radius 1 is 1.19 bits per heavy atom. The lowest BCUT2D eigenvalue weighted by molar-refractivity contribution is -0.154. The Bertz CT molecular complexity index is 332. The van der Waals surface area contributed by atoms with Crippen molar-refractivity contribution in [2.75, 3.05) is 32.8 Å². The van der Waals surface area contributed by atoms with E-state index in [1.165, 1.54) is 12.8 Å². The predicted octanol–water partition coefficient (Wildman–Crippen LogP) is 1.08. The molecule has 2 saturated heterocycles. The summed E-state index contributed by atoms with van der Waals surface area (Å²) in [7, 11) is 0. The van der Waals surface area contributed by atoms with E-state index >= 15 is 0 Å². The third kappa shape index (κ3) is 4.18. The maximum atomic E-state index is 12.8. The highest BCUT2D eigenvalue weighted by Gasteiger charge is 2.34. The highest BCUT2D eigenvalue weighted by Crippen LogP contribution is 2.18. The Morgan fingerprint density at radius 3 is 2.38 bits per heavy atom. The van der Waals surface area contributed by atoms with E-state index in [0.717, 1.165) is 26.2 Å². The lowest BCUT2D eigenvalue weighted by atomic mass is 10.0. The van der Waals surface area contributed by atoms with E-state index < -0.39 is 0 Å². The maximum Gasteiger partial charge on any atom is 0.253 e. The minimum Gasteiger partial charge on any atom is -0.366 e. The average Bonchev–Trinajstić information content (AvgIpc) is 2.47. The van der Waals surface area contributed by atoms with Gasteiger partial charge in [-0.25, -0.2) is 0 Å². The van der Waals surface area contributed by atoms with Gasteiger partial charge in [-0.15, -0.1) is 0 Å². The number of carbonyl (C=O) groups is 1. The minimum absolute atomic E-state index is 0.152. The van der Waals surface area contributed by atoms with Crippen LogP contribution in [0.25, 0.3) is 0 Å². The minimum atomic E-state index is -0.293. The molecule has 1 amide bonds. The summed E-state index contributed by atoms with van der Waals surface area (Å²) in [5, 5.41) is 3.40. The number of carbonyl (C=O) groups excluding carboxylic acids is 1. The summed E-state index contributed by atoms with van der Waals surface area (Å²) in [6.07, 6.45) is 2.07. The second-order valence-corrected chi connectivity index (χ2v) is 6.77. The fraction of sp³-hybridized carbons (Fsp3) is 0.938. The average molecular weight is 297 g/mol. The Balaban J connectivity index is 1.97. The van der Waals surface area contributed by atoms with Crippen molar-refractivity contribution < 1.29 is 9.53 Å². The van der Waals surface area contributed by atoms with Gasteiger partial charge >= 0.3 is 0 Å². The second-order valence-electron chi connectivity index (χ2n) is 6.77. The molecular formula is C16H31N3O2. The predicted molar refractivity (Wildman–Crippen MR) is 84.3 cm³/mol. The number of rotatable bonds is 4. The van der Waals surface area contributed by atoms with E-state index in [9.17, 15) is 4.79 Å². The number of ether oxygens (including phenoxy) is 1. The van der Waals surface area contributed by atoms with Crippen LogP contribution in [-0.4, -0.2) is 72.7 Å². The molecule has 0 spiro atoms. The van der Waals surface area contributed by atoms with E-state index in [1.54, 1.807) is 0 Å². The Labute approximate surface area is 129 Å². The van der Waals surface area contributed by atoms with Gasteiger partial charge in [0, 0.05) is 31.2 Å². The molecule has 122 valence electrons. The molecule has 2 aliphatic rings. The summed E-state index contributed by atoms with van der Waals surface area (Å²) < 4.78 is 5.79. The topological polar surface area (TPSA) is 44.8 Å². The van der Waals surface area contributed by atoms with E-state index in [2.05, 4.69) is 37.9 Å². The van der Waals surface area contributed by atoms with Crippen LogP contribution in [0.5, 0.6) is 0 Å². The quantitative estimate of drug-likeness (QED) is 0.843. The Morgan fingerprint density at radius 2 is 1.81 bits per heavy atom. The van der Waals surface area contributed by atoms with Crippen molar-refractivity contribution in [1.82, 2.24) is 15.1 Å². The monoisotopic (exact) mass is 297 g/mol. The maximum absolute atomic E-state index is 12.8. The van der Waals surface area contributed by atoms with Gasteiger partial charge in [0.05, 0.1) is 6.61 Å². The summed E-state index contributed by atoms with van der Waals surface area (Å²) in [5.41, 5.74) is 0. The molecule has 2 rings (SSSR count). The number of hydrogen-bond acceptors (Lipinski definition) is 4. The third-order valence-electron chi connectivity index (χ3n) is 4.57. The summed E-state index contributed by atoms with van der Waals surface area (Å²) in [6.45, 7) is 12.9. The Hall–Kier alpha value is -0.650. The second kappa shape index (κ2) is 7.56. The molecule has 2 fully saturated rings. The molecule has 0 aromatic heterocycles. The van der Waals surface area contributed by atoms with Crippen molar-refractivity contribution in [1.29, 1.82) is 0 Å². The fourth-order valence-electron chi connectivity index (χ4n) is 3.59. The smallest absolute Gasteiger partial charge is 0.253 e. The van der Waals surface area contributed by atoms with E-state index in [0.29, 0.717) is 12.6 Å². The summed E-state index contributed by atoms with van der Waals surface area (Å²) in [4.78, 5) is 17.2. The van der Waals surface area contributed by atoms with Gasteiger partial charge in [0.2, 0.25) is 0 Å². The van der Waals surface area contributed by atoms with Crippen LogP contribution < -0.4 is 5.32 Å². The van der Waals surface area contributed by atoms with Crippen molar-refractivity contribution in [3.63, 3.8) is 0 Å². The summed E-state index contributed by atoms with van der Waals surface area (Å²) in [5.74, 6) is 0.152. The van der Waals surface area contributed by atoms with Crippen molar-refractivity contribution >= 4 is 5.91 Å². The summed E-state index contributed by atoms with van der Waals surface area (Å²) in [6, 6.07) is 1.04. The molecule has 5 heteroatoms. The van der Waals surface area contributed by atoms with Gasteiger partial charge in [-0.2, -0.15) is 0 Å². The fourth-order valence-corrected chi connectivity index (χ4v) is 3.59. The lowest BCUT2D eigenvalue weighted by Crippen LogP contribution is -2.57. The van der Waals surface area contributed by atoms with Gasteiger partial charge in [-0.05, 0) is 53.6 Å². The summed E-state index contributed by atoms with van der Waals surface area (Å²) >= 11 is 0. The van der Waals surface area contributed by atoms with Crippen molar-refractivity contribution in [2.45, 2.75) is 64.8 Å². The molecule has 21 heavy (non-hydrogen) atoms. The number of nitrogens with zero attached hydrogens (tertiary/aromatic N) is 2. The molecule has 0 aromatic carbocycles. The van der Waals surface area contributed by atoms with Gasteiger partial charge in [0.25, 0.3) is 5.91 Å². The molecule has 0 aliphatic carbocycles. The van der Waals surface area contributed by atoms with Crippen LogP contribution in [0.15, 0.2) is 0 Å². The van der Waals surface area contributed by atoms with Gasteiger partial charge in [-0.1, -0.05) is 0 Å². The van der Waals surface area contributed by atoms with Gasteiger partial charge in [0.1, 0.15) is 6.10 Å². The van der Waals surface area contributed by atoms with Crippen LogP contribution in [0.4, 0.5) is 0 Å². The first kappa shape index (κ1) is 16.7. The molecule has 1 atom stereocenters. The lowest BCUT2D eigenvalue weighted by Gasteiger charge is -2.42. The molecule has 0 radical (unpaired) electrons. The third-order valence-corrected chi connectivity index (χ3v) is 4.57. The molecule has 0 aromatic rings. The van der Waals surface area contributed by atoms with Crippen molar-refractivity contribution in [3.8, 4) is 0 Å². The van der Waals surface area contributed by atoms with E-state index in [1.807, 2.05) is 4.90 Å². The zero-order valence-corrected chi connectivity index (χ0v) is 14.0. The van der Waals surface area contributed by atoms with E-state index in [4.69, 9.17) is 4.74 Å². The number of amides is 1. The molecule has 1 unspecified atom stereocenters. The molecule has 2 heterocycles. The standard InChI is InChI=1S/C16H31N3O2/c1-12(2)19(13(3)4)16(20)15-11-18(9-10-21-15)14-5-7-17-8-6-14/h12-15,17H,5-11H2,1-4H3. The molecule has 5 nitrogen and oxygen atoms in total. The van der Waals surface area contributed by atoms with Crippen LogP contribution >= 0.6 is 0 Å². The molecule has 0 saturated carbocycles. The number of morpholine rings is 1. The first-order chi connectivity index (χ1) is 10.0. The van der Waals surface area contributed by atoms with Gasteiger partial charge in [-0.3, -0.25) is 9.69 Å². The molecular weight excluding hydrogens is 266 g/mol. The zero-order valence-electron chi connectivity index (χ0n) is 14.0. The van der Waals surface area contributed by atoms with Crippen molar-refractivity contribution in [2.24, 2.45) is 0 Å². The van der Waals surface area contributed by atoms with E-state index in [-0.39, 0.29) is 24.1 Å². The first-order valence-corrected chi connectivity index (χ1v) is 8.39. The van der Waals surface area contributed by atoms with Crippen LogP contribution in [0, 0.1) is 0 Å². The SMILES string of the molecule is CC(C)N(C(=O)C1CN(C2CCNCC2)CCO1)C(C)C. The van der Waals surface area contributed by atoms with Crippen LogP contribution in [0.2, 0.25) is 0 Å². The molecule has 1 N–H and O–H groups in total. The largest absolute Gasteiger partial charge is 0.366 e. The van der Waals surface area contributed by atoms with Gasteiger partial charge < -0.3 is 15.0 Å². The number of nitrogens with one attached hydrogen (secondary N) is 1. The van der Waals surface area contributed by atoms with Crippen molar-refractivity contribution in [3.05, 3.63) is 0 Å². The number of hydrogen-bond donors (Lipinski definition) is 1. The molecule has 0 bridgehead atoms. The van der Waals surface area contributed by atoms with Crippen LogP contribution in [0.3, 0.4) is 0 Å². The highest BCUT2D eigenvalue weighted by atomic mass is 16.5. The van der Waals surface area contributed by atoms with Crippen LogP contribution in [0.1, 0.15) is 40.5 Å². The van der Waals surface area contributed by atoms with Crippen LogP contribution in [-0.2, 0) is 9.53 Å². The number of piperidine rings is 1.